The van der Waals surface area contributed by atoms with Crippen LogP contribution < -0.4 is 0 Å². The van der Waals surface area contributed by atoms with Gasteiger partial charge in [-0.25, -0.2) is 0 Å². The van der Waals surface area contributed by atoms with E-state index in [2.05, 4.69) is 30.3 Å². The first-order valence-corrected chi connectivity index (χ1v) is 5.60. The molecule has 1 radical (unpaired) electrons. The predicted molar refractivity (Wildman–Crippen MR) is 70.3 cm³/mol. The predicted octanol–water partition coefficient (Wildman–Crippen LogP) is 4.00. The van der Waals surface area contributed by atoms with Crippen LogP contribution in [0.15, 0.2) is 48.5 Å². The number of benzene rings is 3. The molecule has 0 aliphatic heterocycles. The molecule has 0 N–H and O–H groups in total. The zero-order valence-electron chi connectivity index (χ0n) is 9.53. The molecule has 0 aliphatic rings. The lowest BCUT2D eigenvalue weighted by Gasteiger charge is -2.03. The van der Waals surface area contributed by atoms with Gasteiger partial charge in [0.2, 0.25) is 0 Å². The van der Waals surface area contributed by atoms with Gasteiger partial charge in [-0.1, -0.05) is 36.4 Å². The highest BCUT2D eigenvalue weighted by Crippen LogP contribution is 2.23. The third kappa shape index (κ3) is 1.70. The number of hydrogen-bond acceptors (Lipinski definition) is 1. The summed E-state index contributed by atoms with van der Waals surface area (Å²) in [5.41, 5.74) is 0.646. The summed E-state index contributed by atoms with van der Waals surface area (Å²) >= 11 is 0. The molecule has 3 aromatic rings. The van der Waals surface area contributed by atoms with Gasteiger partial charge >= 0.3 is 0 Å². The molecule has 0 aliphatic carbocycles. The Bertz CT molecular complexity index is 726. The first-order valence-electron chi connectivity index (χ1n) is 5.60. The third-order valence-electron chi connectivity index (χ3n) is 3.00. The van der Waals surface area contributed by atoms with E-state index in [0.29, 0.717) is 5.56 Å². The van der Waals surface area contributed by atoms with Gasteiger partial charge in [-0.3, -0.25) is 4.79 Å². The summed E-state index contributed by atoms with van der Waals surface area (Å²) in [4.78, 5) is 11.3. The summed E-state index contributed by atoms with van der Waals surface area (Å²) in [6.07, 6.45) is 0. The zero-order valence-corrected chi connectivity index (χ0v) is 9.53. The molecular formula is C16H11O. The number of hydrogen-bond donors (Lipinski definition) is 0. The second kappa shape index (κ2) is 3.70. The zero-order chi connectivity index (χ0) is 11.8. The molecule has 17 heavy (non-hydrogen) atoms. The molecule has 0 unspecified atom stereocenters. The van der Waals surface area contributed by atoms with E-state index in [1.807, 2.05) is 24.3 Å². The topological polar surface area (TPSA) is 17.1 Å². The van der Waals surface area contributed by atoms with Crippen molar-refractivity contribution in [3.05, 3.63) is 60.2 Å². The Morgan fingerprint density at radius 1 is 0.941 bits per heavy atom. The maximum atomic E-state index is 11.3. The fourth-order valence-corrected chi connectivity index (χ4v) is 2.07. The highest BCUT2D eigenvalue weighted by molar-refractivity contribution is 6.02. The van der Waals surface area contributed by atoms with Gasteiger partial charge in [0.05, 0.1) is 0 Å². The van der Waals surface area contributed by atoms with Crippen molar-refractivity contribution < 1.29 is 4.79 Å². The molecule has 0 saturated heterocycles. The molecule has 0 heterocycles. The summed E-state index contributed by atoms with van der Waals surface area (Å²) in [6.45, 7) is 1.57. The third-order valence-corrected chi connectivity index (χ3v) is 3.00. The van der Waals surface area contributed by atoms with E-state index in [9.17, 15) is 4.79 Å². The molecule has 0 fully saturated rings. The highest BCUT2D eigenvalue weighted by atomic mass is 16.1. The minimum Gasteiger partial charge on any atom is -0.294 e. The Kier molecular flexibility index (Phi) is 2.19. The average Bonchev–Trinajstić information content (AvgIpc) is 2.35. The van der Waals surface area contributed by atoms with Crippen LogP contribution >= 0.6 is 0 Å². The van der Waals surface area contributed by atoms with E-state index in [0.717, 1.165) is 10.8 Å². The summed E-state index contributed by atoms with van der Waals surface area (Å²) in [6, 6.07) is 19.4. The number of carbonyl (C=O) groups is 1. The monoisotopic (exact) mass is 219 g/mol. The minimum atomic E-state index is 0.0556. The van der Waals surface area contributed by atoms with Crippen LogP contribution in [0.5, 0.6) is 0 Å². The smallest absolute Gasteiger partial charge is 0.160 e. The fourth-order valence-electron chi connectivity index (χ4n) is 2.07. The SMILES string of the molecule is CC(=O)c1[c]c2cc3ccccc3cc2cc1. The van der Waals surface area contributed by atoms with Crippen molar-refractivity contribution >= 4 is 27.3 Å². The minimum absolute atomic E-state index is 0.0556. The van der Waals surface area contributed by atoms with Crippen LogP contribution in [-0.4, -0.2) is 5.78 Å². The lowest BCUT2D eigenvalue weighted by atomic mass is 10.0. The van der Waals surface area contributed by atoms with Gasteiger partial charge in [-0.15, -0.1) is 0 Å². The van der Waals surface area contributed by atoms with E-state index < -0.39 is 0 Å². The van der Waals surface area contributed by atoms with E-state index in [4.69, 9.17) is 0 Å². The number of ketones is 1. The van der Waals surface area contributed by atoms with Gasteiger partial charge in [0, 0.05) is 11.6 Å². The van der Waals surface area contributed by atoms with Gasteiger partial charge in [-0.05, 0) is 40.6 Å². The van der Waals surface area contributed by atoms with Crippen molar-refractivity contribution in [2.24, 2.45) is 0 Å². The second-order valence-electron chi connectivity index (χ2n) is 4.21. The number of rotatable bonds is 1. The van der Waals surface area contributed by atoms with E-state index in [1.54, 1.807) is 6.92 Å². The van der Waals surface area contributed by atoms with E-state index in [1.165, 1.54) is 10.8 Å². The Balaban J connectivity index is 2.36. The molecule has 0 atom stereocenters. The largest absolute Gasteiger partial charge is 0.294 e. The normalized spacial score (nSPS) is 10.9. The molecule has 3 rings (SSSR count). The molecule has 0 saturated carbocycles. The van der Waals surface area contributed by atoms with Crippen molar-refractivity contribution in [1.29, 1.82) is 0 Å². The molecular weight excluding hydrogens is 208 g/mol. The number of carbonyl (C=O) groups excluding carboxylic acids is 1. The summed E-state index contributed by atoms with van der Waals surface area (Å²) < 4.78 is 0. The Morgan fingerprint density at radius 2 is 1.65 bits per heavy atom. The van der Waals surface area contributed by atoms with Crippen molar-refractivity contribution in [3.8, 4) is 0 Å². The van der Waals surface area contributed by atoms with Crippen LogP contribution in [0.3, 0.4) is 0 Å². The van der Waals surface area contributed by atoms with E-state index >= 15 is 0 Å². The van der Waals surface area contributed by atoms with Crippen LogP contribution in [-0.2, 0) is 0 Å². The standard InChI is InChI=1S/C16H11O/c1-11(17)12-6-7-15-9-13-4-2-3-5-14(13)10-16(15)8-12/h2-7,9-10H,1H3. The van der Waals surface area contributed by atoms with Crippen molar-refractivity contribution in [1.82, 2.24) is 0 Å². The number of Topliss-reactive ketones (excluding diaryl/α,β-unsaturated/α-hetero) is 1. The van der Waals surface area contributed by atoms with E-state index in [-0.39, 0.29) is 5.78 Å². The quantitative estimate of drug-likeness (QED) is 0.446. The molecule has 1 heteroatoms. The second-order valence-corrected chi connectivity index (χ2v) is 4.21. The molecule has 0 spiro atoms. The Hall–Kier alpha value is -2.15. The number of fused-ring (bicyclic) bond motifs is 2. The van der Waals surface area contributed by atoms with Crippen LogP contribution in [0.4, 0.5) is 0 Å². The molecule has 3 aromatic carbocycles. The lowest BCUT2D eigenvalue weighted by molar-refractivity contribution is 0.101. The van der Waals surface area contributed by atoms with Gasteiger partial charge in [-0.2, -0.15) is 0 Å². The molecule has 0 bridgehead atoms. The van der Waals surface area contributed by atoms with Crippen molar-refractivity contribution in [2.75, 3.05) is 0 Å². The molecule has 1 nitrogen and oxygen atoms in total. The highest BCUT2D eigenvalue weighted by Gasteiger charge is 2.02. The Morgan fingerprint density at radius 3 is 2.35 bits per heavy atom. The Labute approximate surface area is 99.7 Å². The fraction of sp³-hybridized carbons (Fsp3) is 0.0625. The first-order chi connectivity index (χ1) is 8.24. The first kappa shape index (κ1) is 10.0. The average molecular weight is 219 g/mol. The van der Waals surface area contributed by atoms with Crippen LogP contribution in [0.25, 0.3) is 21.5 Å². The summed E-state index contributed by atoms with van der Waals surface area (Å²) in [5.74, 6) is 0.0556. The maximum Gasteiger partial charge on any atom is 0.160 e. The molecule has 81 valence electrons. The van der Waals surface area contributed by atoms with Crippen LogP contribution in [0.1, 0.15) is 17.3 Å². The van der Waals surface area contributed by atoms with Gasteiger partial charge < -0.3 is 0 Å². The van der Waals surface area contributed by atoms with Gasteiger partial charge in [0.1, 0.15) is 0 Å². The summed E-state index contributed by atoms with van der Waals surface area (Å²) in [7, 11) is 0. The lowest BCUT2D eigenvalue weighted by Crippen LogP contribution is -1.91. The van der Waals surface area contributed by atoms with Crippen LogP contribution in [0.2, 0.25) is 0 Å². The van der Waals surface area contributed by atoms with Crippen LogP contribution in [0, 0.1) is 6.07 Å². The molecule has 0 aromatic heterocycles. The van der Waals surface area contributed by atoms with Gasteiger partial charge in [0.15, 0.2) is 5.78 Å². The maximum absolute atomic E-state index is 11.3. The van der Waals surface area contributed by atoms with Crippen molar-refractivity contribution in [3.63, 3.8) is 0 Å². The van der Waals surface area contributed by atoms with Crippen molar-refractivity contribution in [2.45, 2.75) is 6.92 Å². The van der Waals surface area contributed by atoms with Gasteiger partial charge in [0.25, 0.3) is 0 Å². The summed E-state index contributed by atoms with van der Waals surface area (Å²) in [5, 5.41) is 4.51. The molecule has 0 amide bonds.